The molecule has 2 aliphatic heterocycles. The van der Waals surface area contributed by atoms with Crippen LogP contribution in [0.3, 0.4) is 0 Å². The molecule has 6 heteroatoms. The van der Waals surface area contributed by atoms with E-state index >= 15 is 0 Å². The quantitative estimate of drug-likeness (QED) is 0.648. The first-order valence-corrected chi connectivity index (χ1v) is 11.0. The van der Waals surface area contributed by atoms with Crippen LogP contribution in [0.25, 0.3) is 6.08 Å². The molecule has 2 heterocycles. The molecule has 32 heavy (non-hydrogen) atoms. The third-order valence-electron chi connectivity index (χ3n) is 5.89. The lowest BCUT2D eigenvalue weighted by Crippen LogP contribution is -2.39. The van der Waals surface area contributed by atoms with Crippen molar-refractivity contribution in [3.05, 3.63) is 89.2 Å². The van der Waals surface area contributed by atoms with Crippen molar-refractivity contribution in [1.29, 1.82) is 0 Å². The van der Waals surface area contributed by atoms with E-state index in [-0.39, 0.29) is 11.4 Å². The minimum atomic E-state index is -0.596. The average molecular weight is 433 g/mol. The monoisotopic (exact) mass is 432 g/mol. The molecule has 2 aliphatic rings. The number of morpholine rings is 1. The van der Waals surface area contributed by atoms with Crippen LogP contribution in [0.15, 0.2) is 78.1 Å². The molecule has 4 rings (SSSR count). The molecule has 1 N–H and O–H groups in total. The molecule has 166 valence electrons. The molecule has 0 saturated carbocycles. The van der Waals surface area contributed by atoms with Gasteiger partial charge in [0.1, 0.15) is 0 Å². The zero-order chi connectivity index (χ0) is 22.3. The van der Waals surface area contributed by atoms with Crippen molar-refractivity contribution in [2.24, 2.45) is 0 Å². The largest absolute Gasteiger partial charge is 0.503 e. The Morgan fingerprint density at radius 3 is 2.34 bits per heavy atom. The Balaban J connectivity index is 1.54. The van der Waals surface area contributed by atoms with Gasteiger partial charge in [0.15, 0.2) is 11.5 Å². The van der Waals surface area contributed by atoms with Crippen molar-refractivity contribution >= 4 is 17.8 Å². The third-order valence-corrected chi connectivity index (χ3v) is 5.89. The van der Waals surface area contributed by atoms with Gasteiger partial charge in [-0.2, -0.15) is 0 Å². The van der Waals surface area contributed by atoms with Crippen LogP contribution in [0.5, 0.6) is 0 Å². The van der Waals surface area contributed by atoms with E-state index in [0.29, 0.717) is 6.54 Å². The number of benzene rings is 2. The zero-order valence-electron chi connectivity index (χ0n) is 18.0. The van der Waals surface area contributed by atoms with Crippen molar-refractivity contribution in [2.75, 3.05) is 39.4 Å². The summed E-state index contributed by atoms with van der Waals surface area (Å²) in [6.45, 7) is 4.51. The topological polar surface area (TPSA) is 70.1 Å². The Hall–Kier alpha value is -3.22. The number of rotatable bonds is 8. The fourth-order valence-electron chi connectivity index (χ4n) is 4.23. The van der Waals surface area contributed by atoms with E-state index < -0.39 is 17.7 Å². The number of nitrogens with zero attached hydrogens (tertiary/aromatic N) is 2. The van der Waals surface area contributed by atoms with Crippen molar-refractivity contribution in [3.8, 4) is 0 Å². The minimum absolute atomic E-state index is 0.139. The molecule has 0 aliphatic carbocycles. The van der Waals surface area contributed by atoms with E-state index in [1.807, 2.05) is 60.7 Å². The van der Waals surface area contributed by atoms with Crippen LogP contribution in [0.2, 0.25) is 0 Å². The van der Waals surface area contributed by atoms with E-state index in [1.165, 1.54) is 6.08 Å². The van der Waals surface area contributed by atoms with Gasteiger partial charge in [0.2, 0.25) is 0 Å². The highest BCUT2D eigenvalue weighted by molar-refractivity contribution is 6.14. The van der Waals surface area contributed by atoms with Crippen LogP contribution < -0.4 is 0 Å². The molecule has 1 atom stereocenters. The summed E-state index contributed by atoms with van der Waals surface area (Å²) in [5, 5.41) is 10.7. The average Bonchev–Trinajstić information content (AvgIpc) is 3.09. The van der Waals surface area contributed by atoms with Crippen LogP contribution in [0, 0.1) is 0 Å². The Kier molecular flexibility index (Phi) is 7.14. The normalized spacial score (nSPS) is 19.8. The molecule has 1 fully saturated rings. The lowest BCUT2D eigenvalue weighted by molar-refractivity contribution is -0.129. The Morgan fingerprint density at radius 1 is 1.00 bits per heavy atom. The number of hydrogen-bond donors (Lipinski definition) is 1. The van der Waals surface area contributed by atoms with Crippen LogP contribution in [-0.4, -0.2) is 66.0 Å². The molecule has 6 nitrogen and oxygen atoms in total. The van der Waals surface area contributed by atoms with Gasteiger partial charge in [0.05, 0.1) is 24.8 Å². The number of carbonyl (C=O) groups excluding carboxylic acids is 2. The molecule has 1 amide bonds. The van der Waals surface area contributed by atoms with E-state index in [1.54, 1.807) is 11.0 Å². The van der Waals surface area contributed by atoms with Gasteiger partial charge in [-0.15, -0.1) is 0 Å². The number of aliphatic hydroxyl groups is 1. The van der Waals surface area contributed by atoms with Gasteiger partial charge in [-0.1, -0.05) is 66.7 Å². The van der Waals surface area contributed by atoms with Crippen LogP contribution in [0.4, 0.5) is 0 Å². The predicted molar refractivity (Wildman–Crippen MR) is 123 cm³/mol. The third kappa shape index (κ3) is 4.98. The number of ketones is 1. The van der Waals surface area contributed by atoms with E-state index in [4.69, 9.17) is 4.74 Å². The minimum Gasteiger partial charge on any atom is -0.503 e. The predicted octanol–water partition coefficient (Wildman–Crippen LogP) is 3.39. The highest BCUT2D eigenvalue weighted by Crippen LogP contribution is 2.38. The summed E-state index contributed by atoms with van der Waals surface area (Å²) in [4.78, 5) is 30.0. The molecule has 0 bridgehead atoms. The second-order valence-corrected chi connectivity index (χ2v) is 7.99. The standard InChI is InChI=1S/C26H28N2O4/c29-22(13-12-20-8-3-1-4-9-20)23-24(21-10-5-2-6-11-21)28(26(31)25(23)30)15-7-14-27-16-18-32-19-17-27/h1-6,8-13,24,30H,7,14-19H2/b13-12-/t24-/m1/s1. The fraction of sp³-hybridized carbons (Fsp3) is 0.308. The second-order valence-electron chi connectivity index (χ2n) is 7.99. The molecular formula is C26H28N2O4. The fourth-order valence-corrected chi connectivity index (χ4v) is 4.23. The first kappa shape index (κ1) is 22.0. The number of hydrogen-bond acceptors (Lipinski definition) is 5. The summed E-state index contributed by atoms with van der Waals surface area (Å²) in [5.41, 5.74) is 1.83. The molecule has 0 aromatic heterocycles. The Bertz CT molecular complexity index is 995. The van der Waals surface area contributed by atoms with Crippen molar-refractivity contribution in [2.45, 2.75) is 12.5 Å². The number of allylic oxidation sites excluding steroid dienone is 1. The maximum Gasteiger partial charge on any atom is 0.290 e. The van der Waals surface area contributed by atoms with Crippen molar-refractivity contribution < 1.29 is 19.4 Å². The molecular weight excluding hydrogens is 404 g/mol. The summed E-state index contributed by atoms with van der Waals surface area (Å²) in [6, 6.07) is 18.3. The van der Waals surface area contributed by atoms with Gasteiger partial charge in [-0.05, 0) is 23.6 Å². The van der Waals surface area contributed by atoms with Gasteiger partial charge in [0.25, 0.3) is 5.91 Å². The summed E-state index contributed by atoms with van der Waals surface area (Å²) >= 11 is 0. The smallest absolute Gasteiger partial charge is 0.290 e. The number of amides is 1. The highest BCUT2D eigenvalue weighted by atomic mass is 16.5. The number of aliphatic hydroxyl groups excluding tert-OH is 1. The molecule has 0 spiro atoms. The lowest BCUT2D eigenvalue weighted by Gasteiger charge is -2.29. The molecule has 0 radical (unpaired) electrons. The van der Waals surface area contributed by atoms with E-state index in [9.17, 15) is 14.7 Å². The Labute approximate surface area is 188 Å². The van der Waals surface area contributed by atoms with Crippen LogP contribution in [-0.2, 0) is 14.3 Å². The van der Waals surface area contributed by atoms with Gasteiger partial charge < -0.3 is 14.7 Å². The van der Waals surface area contributed by atoms with E-state index in [0.717, 1.165) is 50.4 Å². The van der Waals surface area contributed by atoms with Crippen LogP contribution >= 0.6 is 0 Å². The maximum atomic E-state index is 13.1. The number of ether oxygens (including phenoxy) is 1. The van der Waals surface area contributed by atoms with Gasteiger partial charge >= 0.3 is 0 Å². The highest BCUT2D eigenvalue weighted by Gasteiger charge is 2.42. The van der Waals surface area contributed by atoms with Crippen molar-refractivity contribution in [1.82, 2.24) is 9.80 Å². The summed E-state index contributed by atoms with van der Waals surface area (Å²) < 4.78 is 5.39. The van der Waals surface area contributed by atoms with Gasteiger partial charge in [-0.3, -0.25) is 14.5 Å². The lowest BCUT2D eigenvalue weighted by atomic mass is 9.95. The van der Waals surface area contributed by atoms with Crippen molar-refractivity contribution in [3.63, 3.8) is 0 Å². The molecule has 1 saturated heterocycles. The van der Waals surface area contributed by atoms with Gasteiger partial charge in [-0.25, -0.2) is 0 Å². The van der Waals surface area contributed by atoms with Gasteiger partial charge in [0, 0.05) is 26.2 Å². The second kappa shape index (κ2) is 10.4. The van der Waals surface area contributed by atoms with Crippen LogP contribution in [0.1, 0.15) is 23.6 Å². The summed E-state index contributed by atoms with van der Waals surface area (Å²) in [7, 11) is 0. The summed E-state index contributed by atoms with van der Waals surface area (Å²) in [5.74, 6) is -1.30. The van der Waals surface area contributed by atoms with E-state index in [2.05, 4.69) is 4.90 Å². The Morgan fingerprint density at radius 2 is 1.66 bits per heavy atom. The SMILES string of the molecule is O=C(/C=C\c1ccccc1)C1=C(O)C(=O)N(CCCN2CCOCC2)[C@@H]1c1ccccc1. The summed E-state index contributed by atoms with van der Waals surface area (Å²) in [6.07, 6.45) is 3.89. The molecule has 2 aromatic rings. The maximum absolute atomic E-state index is 13.1. The first-order valence-electron chi connectivity index (χ1n) is 11.0. The molecule has 0 unspecified atom stereocenters. The molecule has 2 aromatic carbocycles. The first-order chi connectivity index (χ1) is 15.6. The zero-order valence-corrected chi connectivity index (χ0v) is 18.0. The number of carbonyl (C=O) groups is 2.